The minimum atomic E-state index is -0.329. The molecule has 29 valence electrons. The van der Waals surface area contributed by atoms with Crippen molar-refractivity contribution < 1.29 is 4.39 Å². The van der Waals surface area contributed by atoms with E-state index in [0.29, 0.717) is 0 Å². The highest BCUT2D eigenvalue weighted by molar-refractivity contribution is 9.10. The molecule has 0 aromatic heterocycles. The molecular weight excluding hydrogens is 135 g/mol. The van der Waals surface area contributed by atoms with E-state index in [9.17, 15) is 4.39 Å². The Morgan fingerprint density at radius 1 is 2.00 bits per heavy atom. The van der Waals surface area contributed by atoms with Crippen molar-refractivity contribution in [3.8, 4) is 0 Å². The molecule has 0 aromatic carbocycles. The van der Waals surface area contributed by atoms with Gasteiger partial charge in [-0.1, -0.05) is 0 Å². The molecule has 0 atom stereocenters. The Morgan fingerprint density at radius 3 is 2.20 bits per heavy atom. The Bertz CT molecular complexity index is 44.9. The van der Waals surface area contributed by atoms with Crippen molar-refractivity contribution in [2.45, 2.75) is 6.92 Å². The van der Waals surface area contributed by atoms with Crippen molar-refractivity contribution >= 4 is 15.9 Å². The van der Waals surface area contributed by atoms with Gasteiger partial charge >= 0.3 is 0 Å². The zero-order valence-corrected chi connectivity index (χ0v) is 4.34. The molecule has 0 N–H and O–H groups in total. The van der Waals surface area contributed by atoms with Crippen LogP contribution in [0.2, 0.25) is 0 Å². The summed E-state index contributed by atoms with van der Waals surface area (Å²) in [7, 11) is 0. The number of halogens is 2. The van der Waals surface area contributed by atoms with Crippen LogP contribution in [0.25, 0.3) is 0 Å². The molecule has 0 unspecified atom stereocenters. The molecule has 0 amide bonds. The Labute approximate surface area is 38.8 Å². The van der Waals surface area contributed by atoms with Crippen LogP contribution in [0.15, 0.2) is 5.83 Å². The SMILES string of the molecule is C/C(F)=[C]/Br. The molecule has 0 saturated carbocycles. The van der Waals surface area contributed by atoms with Crippen LogP contribution in [-0.4, -0.2) is 0 Å². The molecule has 0 saturated heterocycles. The van der Waals surface area contributed by atoms with Crippen LogP contribution >= 0.6 is 15.9 Å². The van der Waals surface area contributed by atoms with Crippen LogP contribution in [0.3, 0.4) is 0 Å². The quantitative estimate of drug-likeness (QED) is 0.480. The third-order valence-corrected chi connectivity index (χ3v) is 0.677. The maximum absolute atomic E-state index is 11.2. The van der Waals surface area contributed by atoms with Gasteiger partial charge in [0.25, 0.3) is 0 Å². The zero-order chi connectivity index (χ0) is 4.28. The highest BCUT2D eigenvalue weighted by atomic mass is 79.9. The second-order valence-corrected chi connectivity index (χ2v) is 1.02. The van der Waals surface area contributed by atoms with Gasteiger partial charge in [0.2, 0.25) is 0 Å². The van der Waals surface area contributed by atoms with Crippen LogP contribution in [0.1, 0.15) is 6.92 Å². The maximum atomic E-state index is 11.2. The fourth-order valence-electron chi connectivity index (χ4n) is 0. The van der Waals surface area contributed by atoms with E-state index in [2.05, 4.69) is 20.9 Å². The van der Waals surface area contributed by atoms with Crippen molar-refractivity contribution in [1.82, 2.24) is 0 Å². The van der Waals surface area contributed by atoms with Gasteiger partial charge in [0, 0.05) is 0 Å². The lowest BCUT2D eigenvalue weighted by Crippen LogP contribution is -1.46. The van der Waals surface area contributed by atoms with Crippen molar-refractivity contribution in [3.63, 3.8) is 0 Å². The van der Waals surface area contributed by atoms with Crippen molar-refractivity contribution in [2.75, 3.05) is 0 Å². The van der Waals surface area contributed by atoms with Crippen molar-refractivity contribution in [2.24, 2.45) is 0 Å². The van der Waals surface area contributed by atoms with Crippen LogP contribution < -0.4 is 0 Å². The fourth-order valence-corrected chi connectivity index (χ4v) is 0. The Balaban J connectivity index is 3.14. The third-order valence-electron chi connectivity index (χ3n) is 0.130. The Hall–Kier alpha value is 0.150. The molecule has 0 bridgehead atoms. The first kappa shape index (κ1) is 5.15. The van der Waals surface area contributed by atoms with Gasteiger partial charge in [-0.3, -0.25) is 0 Å². The summed E-state index contributed by atoms with van der Waals surface area (Å²) in [6, 6.07) is 0. The average molecular weight is 138 g/mol. The molecule has 0 rings (SSSR count). The highest BCUT2D eigenvalue weighted by Crippen LogP contribution is 1.93. The molecule has 0 heterocycles. The second-order valence-electron chi connectivity index (χ2n) is 0.628. The first-order valence-electron chi connectivity index (χ1n) is 1.13. The summed E-state index contributed by atoms with van der Waals surface area (Å²) in [5, 5.41) is 0. The summed E-state index contributed by atoms with van der Waals surface area (Å²) in [6.45, 7) is 1.31. The predicted octanol–water partition coefficient (Wildman–Crippen LogP) is 2.02. The van der Waals surface area contributed by atoms with Gasteiger partial charge in [-0.15, -0.1) is 0 Å². The first-order valence-corrected chi connectivity index (χ1v) is 1.92. The zero-order valence-electron chi connectivity index (χ0n) is 2.76. The van der Waals surface area contributed by atoms with Gasteiger partial charge in [0.05, 0.1) is 4.99 Å². The molecule has 0 aliphatic carbocycles. The smallest absolute Gasteiger partial charge is 0.112 e. The van der Waals surface area contributed by atoms with Gasteiger partial charge < -0.3 is 0 Å². The van der Waals surface area contributed by atoms with Crippen molar-refractivity contribution in [3.05, 3.63) is 10.8 Å². The van der Waals surface area contributed by atoms with E-state index in [1.165, 1.54) is 6.92 Å². The molecule has 0 spiro atoms. The van der Waals surface area contributed by atoms with Crippen molar-refractivity contribution in [1.29, 1.82) is 0 Å². The molecule has 0 fully saturated rings. The summed E-state index contributed by atoms with van der Waals surface area (Å²) < 4.78 is 11.2. The lowest BCUT2D eigenvalue weighted by atomic mass is 10.7. The van der Waals surface area contributed by atoms with E-state index in [1.807, 2.05) is 0 Å². The number of rotatable bonds is 0. The Kier molecular flexibility index (Phi) is 2.46. The first-order chi connectivity index (χ1) is 2.27. The van der Waals surface area contributed by atoms with E-state index in [-0.39, 0.29) is 5.83 Å². The van der Waals surface area contributed by atoms with Gasteiger partial charge in [-0.05, 0) is 22.9 Å². The predicted molar refractivity (Wildman–Crippen MR) is 22.5 cm³/mol. The highest BCUT2D eigenvalue weighted by Gasteiger charge is 1.70. The molecule has 0 nitrogen and oxygen atoms in total. The summed E-state index contributed by atoms with van der Waals surface area (Å²) in [5.74, 6) is -0.329. The van der Waals surface area contributed by atoms with E-state index in [4.69, 9.17) is 0 Å². The number of hydrogen-bond donors (Lipinski definition) is 0. The summed E-state index contributed by atoms with van der Waals surface area (Å²) >= 11 is 2.65. The second kappa shape index (κ2) is 2.39. The van der Waals surface area contributed by atoms with Crippen LogP contribution in [0.4, 0.5) is 4.39 Å². The maximum Gasteiger partial charge on any atom is 0.112 e. The van der Waals surface area contributed by atoms with E-state index < -0.39 is 0 Å². The van der Waals surface area contributed by atoms with Gasteiger partial charge in [-0.2, -0.15) is 0 Å². The monoisotopic (exact) mass is 137 g/mol. The lowest BCUT2D eigenvalue weighted by Gasteiger charge is -1.65. The minimum absolute atomic E-state index is 0.329. The minimum Gasteiger partial charge on any atom is -0.211 e. The standard InChI is InChI=1S/C3H3BrF/c1-3(5)2-4/h1H3. The third kappa shape index (κ3) is 4.15. The molecule has 5 heavy (non-hydrogen) atoms. The summed E-state index contributed by atoms with van der Waals surface area (Å²) in [6.07, 6.45) is 0. The molecule has 0 aliphatic heterocycles. The number of hydrogen-bond acceptors (Lipinski definition) is 0. The summed E-state index contributed by atoms with van der Waals surface area (Å²) in [4.78, 5) is 2.09. The van der Waals surface area contributed by atoms with Gasteiger partial charge in [0.1, 0.15) is 5.83 Å². The normalized spacial score (nSPS) is 12.2. The fraction of sp³-hybridized carbons (Fsp3) is 0.333. The molecule has 1 radical (unpaired) electrons. The average Bonchev–Trinajstić information content (AvgIpc) is 1.38. The largest absolute Gasteiger partial charge is 0.211 e. The molecule has 0 aliphatic rings. The lowest BCUT2D eigenvalue weighted by molar-refractivity contribution is 0.640. The molecule has 2 heteroatoms. The van der Waals surface area contributed by atoms with Crippen LogP contribution in [0.5, 0.6) is 0 Å². The molecular formula is C3H3BrF. The molecule has 0 aromatic rings. The van der Waals surface area contributed by atoms with Gasteiger partial charge in [-0.25, -0.2) is 4.39 Å². The Morgan fingerprint density at radius 2 is 2.20 bits per heavy atom. The van der Waals surface area contributed by atoms with Crippen LogP contribution in [-0.2, 0) is 0 Å². The van der Waals surface area contributed by atoms with E-state index in [1.54, 1.807) is 0 Å². The number of allylic oxidation sites excluding steroid dienone is 1. The van der Waals surface area contributed by atoms with E-state index in [0.717, 1.165) is 0 Å². The van der Waals surface area contributed by atoms with E-state index >= 15 is 0 Å². The topological polar surface area (TPSA) is 0 Å². The summed E-state index contributed by atoms with van der Waals surface area (Å²) in [5.41, 5.74) is 0. The van der Waals surface area contributed by atoms with Gasteiger partial charge in [0.15, 0.2) is 0 Å². The van der Waals surface area contributed by atoms with Crippen LogP contribution in [0, 0.1) is 4.99 Å².